The molecule has 0 saturated heterocycles. The summed E-state index contributed by atoms with van der Waals surface area (Å²) in [6.45, 7) is 0. The van der Waals surface area contributed by atoms with E-state index in [-0.39, 0.29) is 0 Å². The predicted molar refractivity (Wildman–Crippen MR) is 43.6 cm³/mol. The van der Waals surface area contributed by atoms with Crippen LogP contribution >= 0.6 is 0 Å². The highest BCUT2D eigenvalue weighted by Crippen LogP contribution is 2.28. The van der Waals surface area contributed by atoms with Crippen LogP contribution in [-0.4, -0.2) is 55.5 Å². The Morgan fingerprint density at radius 3 is 1.50 bits per heavy atom. The molecule has 0 radical (unpaired) electrons. The normalized spacial score (nSPS) is 12.8. The summed E-state index contributed by atoms with van der Waals surface area (Å²) in [5, 5.41) is 42.9. The number of carboxylic acids is 4. The summed E-state index contributed by atoms with van der Waals surface area (Å²) in [6, 6.07) is 0. The highest BCUT2D eigenvalue weighted by Gasteiger charge is 2.57. The third kappa shape index (κ3) is 2.25. The van der Waals surface area contributed by atoms with Crippen molar-refractivity contribution in [2.45, 2.75) is 12.5 Å². The number of aliphatic hydroxyl groups is 1. The van der Waals surface area contributed by atoms with Crippen molar-refractivity contribution in [3.63, 3.8) is 0 Å². The van der Waals surface area contributed by atoms with Crippen molar-refractivity contribution in [1.82, 2.24) is 0 Å². The molecule has 0 bridgehead atoms. The minimum atomic E-state index is -3.31. The van der Waals surface area contributed by atoms with E-state index in [0.717, 1.165) is 0 Å². The van der Waals surface area contributed by atoms with E-state index in [4.69, 9.17) is 25.5 Å². The molecule has 0 rings (SSSR count). The maximum Gasteiger partial charge on any atom is 0.334 e. The summed E-state index contributed by atoms with van der Waals surface area (Å²) in [5.41, 5.74) is -3.31. The monoisotopic (exact) mass is 236 g/mol. The van der Waals surface area contributed by atoms with Crippen molar-refractivity contribution in [2.24, 2.45) is 5.41 Å². The van der Waals surface area contributed by atoms with Crippen molar-refractivity contribution >= 4 is 23.9 Å². The SMILES string of the molecule is O=C(O)CC(C(=O)O)(C(=O)O)C(O)C(=O)O. The van der Waals surface area contributed by atoms with Gasteiger partial charge in [0.2, 0.25) is 5.41 Å². The Morgan fingerprint density at radius 2 is 1.31 bits per heavy atom. The summed E-state index contributed by atoms with van der Waals surface area (Å²) in [4.78, 5) is 42.0. The van der Waals surface area contributed by atoms with Crippen LogP contribution in [0.5, 0.6) is 0 Å². The standard InChI is InChI=1S/C7H8O9/c8-2(9)1-7(5(13)14,6(15)16)3(10)4(11)12/h3,10H,1H2,(H,8,9)(H,11,12)(H,13,14)(H,15,16). The van der Waals surface area contributed by atoms with Crippen LogP contribution in [0.4, 0.5) is 0 Å². The van der Waals surface area contributed by atoms with Crippen LogP contribution < -0.4 is 0 Å². The lowest BCUT2D eigenvalue weighted by Crippen LogP contribution is -2.53. The number of carboxylic acid groups (broad SMARTS) is 4. The minimum Gasteiger partial charge on any atom is -0.481 e. The van der Waals surface area contributed by atoms with Crippen LogP contribution in [0, 0.1) is 5.41 Å². The van der Waals surface area contributed by atoms with Gasteiger partial charge in [-0.15, -0.1) is 0 Å². The number of aliphatic hydroxyl groups excluding tert-OH is 1. The first-order valence-corrected chi connectivity index (χ1v) is 3.75. The third-order valence-electron chi connectivity index (χ3n) is 1.89. The molecule has 5 N–H and O–H groups in total. The molecule has 0 aromatic carbocycles. The van der Waals surface area contributed by atoms with E-state index in [1.165, 1.54) is 0 Å². The highest BCUT2D eigenvalue weighted by molar-refractivity contribution is 6.05. The molecule has 0 amide bonds. The van der Waals surface area contributed by atoms with Crippen molar-refractivity contribution in [3.8, 4) is 0 Å². The molecule has 0 saturated carbocycles. The van der Waals surface area contributed by atoms with Gasteiger partial charge in [0.1, 0.15) is 0 Å². The summed E-state index contributed by atoms with van der Waals surface area (Å²) >= 11 is 0. The molecule has 1 atom stereocenters. The van der Waals surface area contributed by atoms with Gasteiger partial charge >= 0.3 is 23.9 Å². The van der Waals surface area contributed by atoms with E-state index in [9.17, 15) is 19.2 Å². The second kappa shape index (κ2) is 4.57. The van der Waals surface area contributed by atoms with Gasteiger partial charge in [-0.2, -0.15) is 0 Å². The molecule has 0 aliphatic heterocycles. The maximum atomic E-state index is 10.7. The van der Waals surface area contributed by atoms with Crippen LogP contribution in [0.3, 0.4) is 0 Å². The van der Waals surface area contributed by atoms with Crippen molar-refractivity contribution in [1.29, 1.82) is 0 Å². The van der Waals surface area contributed by atoms with Gasteiger partial charge in [-0.3, -0.25) is 14.4 Å². The van der Waals surface area contributed by atoms with Crippen LogP contribution in [0.2, 0.25) is 0 Å². The smallest absolute Gasteiger partial charge is 0.334 e. The molecule has 90 valence electrons. The molecular weight excluding hydrogens is 228 g/mol. The third-order valence-corrected chi connectivity index (χ3v) is 1.89. The molecule has 9 heteroatoms. The zero-order valence-electron chi connectivity index (χ0n) is 7.65. The fourth-order valence-corrected chi connectivity index (χ4v) is 1.02. The second-order valence-electron chi connectivity index (χ2n) is 2.89. The number of rotatable bonds is 6. The van der Waals surface area contributed by atoms with Gasteiger partial charge in [-0.05, 0) is 0 Å². The van der Waals surface area contributed by atoms with E-state index in [0.29, 0.717) is 0 Å². The lowest BCUT2D eigenvalue weighted by atomic mass is 9.79. The summed E-state index contributed by atoms with van der Waals surface area (Å²) in [5.74, 6) is -8.47. The Hall–Kier alpha value is -2.16. The van der Waals surface area contributed by atoms with E-state index in [1.54, 1.807) is 0 Å². The molecule has 0 heterocycles. The van der Waals surface area contributed by atoms with Gasteiger partial charge in [-0.1, -0.05) is 0 Å². The Balaban J connectivity index is 5.61. The van der Waals surface area contributed by atoms with Crippen molar-refractivity contribution in [2.75, 3.05) is 0 Å². The quantitative estimate of drug-likeness (QED) is 0.329. The van der Waals surface area contributed by atoms with E-state index in [1.807, 2.05) is 0 Å². The maximum absolute atomic E-state index is 10.7. The zero-order chi connectivity index (χ0) is 13.1. The first-order chi connectivity index (χ1) is 7.16. The van der Waals surface area contributed by atoms with Crippen molar-refractivity contribution < 1.29 is 44.7 Å². The fraction of sp³-hybridized carbons (Fsp3) is 0.429. The Bertz CT molecular complexity index is 330. The van der Waals surface area contributed by atoms with Crippen LogP contribution in [0.1, 0.15) is 6.42 Å². The topological polar surface area (TPSA) is 169 Å². The minimum absolute atomic E-state index is 1.55. The molecule has 0 aromatic heterocycles. The second-order valence-corrected chi connectivity index (χ2v) is 2.89. The van der Waals surface area contributed by atoms with Gasteiger partial charge in [0.05, 0.1) is 6.42 Å². The largest absolute Gasteiger partial charge is 0.481 e. The molecule has 16 heavy (non-hydrogen) atoms. The summed E-state index contributed by atoms with van der Waals surface area (Å²) in [7, 11) is 0. The number of hydrogen-bond acceptors (Lipinski definition) is 5. The average Bonchev–Trinajstić information content (AvgIpc) is 2.11. The lowest BCUT2D eigenvalue weighted by molar-refractivity contribution is -0.185. The Morgan fingerprint density at radius 1 is 0.938 bits per heavy atom. The fourth-order valence-electron chi connectivity index (χ4n) is 1.02. The molecule has 0 aromatic rings. The van der Waals surface area contributed by atoms with E-state index < -0.39 is 41.8 Å². The van der Waals surface area contributed by atoms with Crippen LogP contribution in [-0.2, 0) is 19.2 Å². The van der Waals surface area contributed by atoms with Gasteiger partial charge in [0, 0.05) is 0 Å². The Kier molecular flexibility index (Phi) is 3.96. The van der Waals surface area contributed by atoms with Crippen molar-refractivity contribution in [3.05, 3.63) is 0 Å². The molecule has 0 aliphatic carbocycles. The molecular formula is C7H8O9. The number of carbonyl (C=O) groups is 4. The predicted octanol–water partition coefficient (Wildman–Crippen LogP) is -1.94. The number of aliphatic carboxylic acids is 4. The van der Waals surface area contributed by atoms with Gasteiger partial charge in [-0.25, -0.2) is 4.79 Å². The molecule has 9 nitrogen and oxygen atoms in total. The van der Waals surface area contributed by atoms with E-state index >= 15 is 0 Å². The lowest BCUT2D eigenvalue weighted by Gasteiger charge is -2.25. The highest BCUT2D eigenvalue weighted by atomic mass is 16.4. The Labute approximate surface area is 87.5 Å². The van der Waals surface area contributed by atoms with Gasteiger partial charge < -0.3 is 25.5 Å². The van der Waals surface area contributed by atoms with Crippen LogP contribution in [0.25, 0.3) is 0 Å². The first-order valence-electron chi connectivity index (χ1n) is 3.75. The molecule has 0 spiro atoms. The van der Waals surface area contributed by atoms with E-state index in [2.05, 4.69) is 0 Å². The zero-order valence-corrected chi connectivity index (χ0v) is 7.65. The van der Waals surface area contributed by atoms with Crippen LogP contribution in [0.15, 0.2) is 0 Å². The number of hydrogen-bond donors (Lipinski definition) is 5. The first kappa shape index (κ1) is 13.8. The van der Waals surface area contributed by atoms with Gasteiger partial charge in [0.15, 0.2) is 6.10 Å². The molecule has 1 unspecified atom stereocenters. The molecule has 0 fully saturated rings. The molecule has 0 aliphatic rings. The summed E-state index contributed by atoms with van der Waals surface area (Å²) in [6.07, 6.45) is -4.41. The average molecular weight is 236 g/mol. The summed E-state index contributed by atoms with van der Waals surface area (Å²) < 4.78 is 0. The van der Waals surface area contributed by atoms with Gasteiger partial charge in [0.25, 0.3) is 0 Å².